The summed E-state index contributed by atoms with van der Waals surface area (Å²) in [6.45, 7) is 5.24. The Hall–Kier alpha value is -2.89. The number of hydrogen-bond donors (Lipinski definition) is 2. The number of nitrogen functional groups attached to an aromatic ring is 1. The van der Waals surface area contributed by atoms with Crippen LogP contribution in [0.2, 0.25) is 0 Å². The third-order valence-electron chi connectivity index (χ3n) is 3.54. The molecule has 0 heterocycles. The van der Waals surface area contributed by atoms with Crippen molar-refractivity contribution in [2.45, 2.75) is 26.9 Å². The van der Waals surface area contributed by atoms with Crippen LogP contribution in [0, 0.1) is 19.7 Å². The monoisotopic (exact) mass is 330 g/mol. The standard InChI is InChI=1S/C18H19FN2O3/c1-10-4-5-11(2)16(8-10)21-17(22)12(3)24-18(23)14-7-6-13(19)9-15(14)20/h4-9,12H,20H2,1-3H3,(H,21,22). The molecule has 5 nitrogen and oxygen atoms in total. The van der Waals surface area contributed by atoms with E-state index in [1.165, 1.54) is 13.0 Å². The number of nitrogens with two attached hydrogens (primary N) is 1. The summed E-state index contributed by atoms with van der Waals surface area (Å²) in [5.41, 5.74) is 8.12. The fraction of sp³-hybridized carbons (Fsp3) is 0.222. The lowest BCUT2D eigenvalue weighted by Crippen LogP contribution is -2.30. The molecule has 2 rings (SSSR count). The second kappa shape index (κ2) is 7.12. The van der Waals surface area contributed by atoms with E-state index < -0.39 is 23.8 Å². The van der Waals surface area contributed by atoms with Crippen LogP contribution in [-0.2, 0) is 9.53 Å². The number of amides is 1. The molecule has 0 fully saturated rings. The molecule has 0 spiro atoms. The SMILES string of the molecule is Cc1ccc(C)c(NC(=O)C(C)OC(=O)c2ccc(F)cc2N)c1. The second-order valence-electron chi connectivity index (χ2n) is 5.59. The highest BCUT2D eigenvalue weighted by atomic mass is 19.1. The van der Waals surface area contributed by atoms with Gasteiger partial charge in [-0.15, -0.1) is 0 Å². The second-order valence-corrected chi connectivity index (χ2v) is 5.59. The summed E-state index contributed by atoms with van der Waals surface area (Å²) in [4.78, 5) is 24.3. The van der Waals surface area contributed by atoms with Gasteiger partial charge in [-0.2, -0.15) is 0 Å². The van der Waals surface area contributed by atoms with Crippen LogP contribution in [0.1, 0.15) is 28.4 Å². The molecular formula is C18H19FN2O3. The zero-order valence-electron chi connectivity index (χ0n) is 13.7. The molecule has 126 valence electrons. The van der Waals surface area contributed by atoms with Crippen LogP contribution in [0.25, 0.3) is 0 Å². The maximum Gasteiger partial charge on any atom is 0.341 e. The first-order valence-corrected chi connectivity index (χ1v) is 7.42. The number of esters is 1. The Kier molecular flexibility index (Phi) is 5.18. The topological polar surface area (TPSA) is 81.4 Å². The zero-order chi connectivity index (χ0) is 17.9. The molecule has 1 atom stereocenters. The number of benzene rings is 2. The van der Waals surface area contributed by atoms with E-state index in [1.807, 2.05) is 32.0 Å². The number of aryl methyl sites for hydroxylation is 2. The summed E-state index contributed by atoms with van der Waals surface area (Å²) in [6.07, 6.45) is -1.03. The van der Waals surface area contributed by atoms with Crippen molar-refractivity contribution in [2.75, 3.05) is 11.1 Å². The summed E-state index contributed by atoms with van der Waals surface area (Å²) < 4.78 is 18.1. The number of halogens is 1. The summed E-state index contributed by atoms with van der Waals surface area (Å²) in [6, 6.07) is 9.01. The molecule has 3 N–H and O–H groups in total. The summed E-state index contributed by atoms with van der Waals surface area (Å²) in [7, 11) is 0. The highest BCUT2D eigenvalue weighted by Crippen LogP contribution is 2.18. The molecule has 0 saturated carbocycles. The number of carbonyl (C=O) groups excluding carboxylic acids is 2. The predicted octanol–water partition coefficient (Wildman–Crippen LogP) is 3.21. The normalized spacial score (nSPS) is 11.7. The number of rotatable bonds is 4. The van der Waals surface area contributed by atoms with Crippen molar-refractivity contribution >= 4 is 23.3 Å². The van der Waals surface area contributed by atoms with Crippen molar-refractivity contribution in [3.05, 3.63) is 58.9 Å². The summed E-state index contributed by atoms with van der Waals surface area (Å²) >= 11 is 0. The van der Waals surface area contributed by atoms with Crippen LogP contribution in [0.15, 0.2) is 36.4 Å². The molecule has 2 aromatic rings. The van der Waals surface area contributed by atoms with Gasteiger partial charge in [0, 0.05) is 11.4 Å². The average Bonchev–Trinajstić information content (AvgIpc) is 2.50. The number of anilines is 2. The van der Waals surface area contributed by atoms with Crippen LogP contribution >= 0.6 is 0 Å². The lowest BCUT2D eigenvalue weighted by atomic mass is 10.1. The Bertz CT molecular complexity index is 790. The Balaban J connectivity index is 2.05. The Morgan fingerprint density at radius 3 is 2.54 bits per heavy atom. The highest BCUT2D eigenvalue weighted by molar-refractivity contribution is 5.99. The van der Waals surface area contributed by atoms with Gasteiger partial charge in [0.15, 0.2) is 6.10 Å². The minimum atomic E-state index is -1.03. The van der Waals surface area contributed by atoms with E-state index in [2.05, 4.69) is 5.32 Å². The number of ether oxygens (including phenoxy) is 1. The zero-order valence-corrected chi connectivity index (χ0v) is 13.7. The molecule has 1 unspecified atom stereocenters. The van der Waals surface area contributed by atoms with E-state index >= 15 is 0 Å². The van der Waals surface area contributed by atoms with Gasteiger partial charge in [-0.05, 0) is 56.2 Å². The molecule has 1 amide bonds. The molecule has 24 heavy (non-hydrogen) atoms. The van der Waals surface area contributed by atoms with E-state index in [0.29, 0.717) is 5.69 Å². The molecule has 6 heteroatoms. The van der Waals surface area contributed by atoms with Crippen molar-refractivity contribution in [3.8, 4) is 0 Å². The number of nitrogens with one attached hydrogen (secondary N) is 1. The average molecular weight is 330 g/mol. The maximum absolute atomic E-state index is 13.0. The van der Waals surface area contributed by atoms with E-state index in [1.54, 1.807) is 0 Å². The van der Waals surface area contributed by atoms with Crippen molar-refractivity contribution in [1.29, 1.82) is 0 Å². The third-order valence-corrected chi connectivity index (χ3v) is 3.54. The molecule has 0 aliphatic heterocycles. The molecule has 0 radical (unpaired) electrons. The van der Waals surface area contributed by atoms with Gasteiger partial charge in [0.1, 0.15) is 5.82 Å². The molecule has 0 saturated heterocycles. The van der Waals surface area contributed by atoms with Gasteiger partial charge in [0.2, 0.25) is 0 Å². The Labute approximate surface area is 139 Å². The Morgan fingerprint density at radius 2 is 1.88 bits per heavy atom. The van der Waals surface area contributed by atoms with Crippen LogP contribution < -0.4 is 11.1 Å². The van der Waals surface area contributed by atoms with Gasteiger partial charge in [-0.25, -0.2) is 9.18 Å². The molecule has 0 aliphatic rings. The predicted molar refractivity (Wildman–Crippen MR) is 90.2 cm³/mol. The van der Waals surface area contributed by atoms with Gasteiger partial charge in [0.25, 0.3) is 5.91 Å². The van der Waals surface area contributed by atoms with Gasteiger partial charge < -0.3 is 15.8 Å². The molecule has 0 aliphatic carbocycles. The van der Waals surface area contributed by atoms with Crippen molar-refractivity contribution in [3.63, 3.8) is 0 Å². The van der Waals surface area contributed by atoms with Crippen molar-refractivity contribution in [1.82, 2.24) is 0 Å². The molecular weight excluding hydrogens is 311 g/mol. The van der Waals surface area contributed by atoms with E-state index in [9.17, 15) is 14.0 Å². The molecule has 0 bridgehead atoms. The van der Waals surface area contributed by atoms with E-state index in [4.69, 9.17) is 10.5 Å². The number of hydrogen-bond acceptors (Lipinski definition) is 4. The van der Waals surface area contributed by atoms with Gasteiger partial charge in [-0.3, -0.25) is 4.79 Å². The molecule has 2 aromatic carbocycles. The van der Waals surface area contributed by atoms with E-state index in [-0.39, 0.29) is 11.3 Å². The first-order valence-electron chi connectivity index (χ1n) is 7.42. The highest BCUT2D eigenvalue weighted by Gasteiger charge is 2.21. The maximum atomic E-state index is 13.0. The minimum absolute atomic E-state index is 0.0165. The fourth-order valence-electron chi connectivity index (χ4n) is 2.10. The Morgan fingerprint density at radius 1 is 1.17 bits per heavy atom. The minimum Gasteiger partial charge on any atom is -0.449 e. The van der Waals surface area contributed by atoms with Gasteiger partial charge in [-0.1, -0.05) is 12.1 Å². The summed E-state index contributed by atoms with van der Waals surface area (Å²) in [5, 5.41) is 2.72. The first-order chi connectivity index (χ1) is 11.3. The smallest absolute Gasteiger partial charge is 0.341 e. The van der Waals surface area contributed by atoms with Crippen LogP contribution in [0.5, 0.6) is 0 Å². The third kappa shape index (κ3) is 4.10. The lowest BCUT2D eigenvalue weighted by Gasteiger charge is -2.15. The summed E-state index contributed by atoms with van der Waals surface area (Å²) in [5.74, 6) is -1.79. The van der Waals surface area contributed by atoms with Crippen molar-refractivity contribution < 1.29 is 18.7 Å². The lowest BCUT2D eigenvalue weighted by molar-refractivity contribution is -0.123. The van der Waals surface area contributed by atoms with Crippen LogP contribution in [-0.4, -0.2) is 18.0 Å². The van der Waals surface area contributed by atoms with E-state index in [0.717, 1.165) is 23.3 Å². The fourth-order valence-corrected chi connectivity index (χ4v) is 2.10. The molecule has 0 aromatic heterocycles. The largest absolute Gasteiger partial charge is 0.449 e. The van der Waals surface area contributed by atoms with Gasteiger partial charge in [0.05, 0.1) is 5.56 Å². The first kappa shape index (κ1) is 17.5. The number of carbonyl (C=O) groups is 2. The van der Waals surface area contributed by atoms with Gasteiger partial charge >= 0.3 is 5.97 Å². The van der Waals surface area contributed by atoms with Crippen molar-refractivity contribution in [2.24, 2.45) is 0 Å². The van der Waals surface area contributed by atoms with Crippen LogP contribution in [0.4, 0.5) is 15.8 Å². The van der Waals surface area contributed by atoms with Crippen LogP contribution in [0.3, 0.4) is 0 Å². The quantitative estimate of drug-likeness (QED) is 0.666.